The number of aryl methyl sites for hydroxylation is 1. The number of rotatable bonds is 8. The second kappa shape index (κ2) is 11.5. The lowest BCUT2D eigenvalue weighted by Gasteiger charge is -2.29. The lowest BCUT2D eigenvalue weighted by atomic mass is 10.0. The number of hydrogen-bond donors (Lipinski definition) is 2. The molecule has 2 atom stereocenters. The molecule has 1 amide bonds. The Labute approximate surface area is 232 Å². The predicted octanol–water partition coefficient (Wildman–Crippen LogP) is 4.97. The highest BCUT2D eigenvalue weighted by Gasteiger charge is 2.41. The van der Waals surface area contributed by atoms with Crippen molar-refractivity contribution in [3.8, 4) is 5.69 Å². The lowest BCUT2D eigenvalue weighted by molar-refractivity contribution is -0.116. The van der Waals surface area contributed by atoms with Crippen LogP contribution in [-0.4, -0.2) is 45.1 Å². The van der Waals surface area contributed by atoms with Gasteiger partial charge in [0, 0.05) is 36.7 Å². The number of nitrogens with zero attached hydrogens (tertiary/aromatic N) is 3. The summed E-state index contributed by atoms with van der Waals surface area (Å²) in [6, 6.07) is 24.2. The van der Waals surface area contributed by atoms with Crippen molar-refractivity contribution in [1.29, 1.82) is 0 Å². The maximum Gasteiger partial charge on any atom is 0.339 e. The Morgan fingerprint density at radius 1 is 1.05 bits per heavy atom. The number of anilines is 1. The van der Waals surface area contributed by atoms with Gasteiger partial charge in [0.1, 0.15) is 0 Å². The van der Waals surface area contributed by atoms with Gasteiger partial charge in [0.05, 0.1) is 36.1 Å². The molecule has 3 heterocycles. The van der Waals surface area contributed by atoms with Gasteiger partial charge in [0.2, 0.25) is 5.91 Å². The second-order valence-corrected chi connectivity index (χ2v) is 9.69. The molecular weight excluding hydrogens is 510 g/mol. The quantitative estimate of drug-likeness (QED) is 0.241. The summed E-state index contributed by atoms with van der Waals surface area (Å²) >= 11 is 5.79. The van der Waals surface area contributed by atoms with Gasteiger partial charge in [-0.05, 0) is 73.2 Å². The molecule has 8 nitrogen and oxygen atoms in total. The zero-order valence-corrected chi connectivity index (χ0v) is 22.5. The van der Waals surface area contributed by atoms with Gasteiger partial charge in [-0.3, -0.25) is 9.78 Å². The van der Waals surface area contributed by atoms with Crippen LogP contribution in [0, 0.1) is 6.92 Å². The van der Waals surface area contributed by atoms with E-state index in [9.17, 15) is 9.59 Å². The number of esters is 1. The summed E-state index contributed by atoms with van der Waals surface area (Å²) in [6.45, 7) is 2.38. The Balaban J connectivity index is 1.48. The molecule has 0 aliphatic carbocycles. The summed E-state index contributed by atoms with van der Waals surface area (Å²) in [5.74, 6) is -0.522. The third-order valence-corrected chi connectivity index (χ3v) is 7.08. The standard InChI is InChI=1S/C30H29N5O3S/c1-20-9-7-10-21(19-20)32-26(36)15-18-35-28(27(33-30(35)39)23-12-5-6-16-31-23)25-14-8-17-34(25)24-13-4-3-11-22(24)29(37)38-2/h3-14,16-17,19,27-28H,15,18H2,1-2H3,(H,32,36)(H,33,39)/t27-,28+/m1/s1. The highest BCUT2D eigenvalue weighted by Crippen LogP contribution is 2.40. The fourth-order valence-electron chi connectivity index (χ4n) is 4.96. The van der Waals surface area contributed by atoms with Crippen LogP contribution in [0.1, 0.15) is 45.8 Å². The fraction of sp³-hybridized carbons (Fsp3) is 0.200. The summed E-state index contributed by atoms with van der Waals surface area (Å²) < 4.78 is 7.01. The Morgan fingerprint density at radius 3 is 2.64 bits per heavy atom. The summed E-state index contributed by atoms with van der Waals surface area (Å²) in [6.07, 6.45) is 3.90. The molecule has 39 heavy (non-hydrogen) atoms. The third-order valence-electron chi connectivity index (χ3n) is 6.73. The minimum atomic E-state index is -0.420. The van der Waals surface area contributed by atoms with E-state index in [-0.39, 0.29) is 24.4 Å². The predicted molar refractivity (Wildman–Crippen MR) is 154 cm³/mol. The molecule has 0 saturated carbocycles. The van der Waals surface area contributed by atoms with E-state index in [1.165, 1.54) is 7.11 Å². The van der Waals surface area contributed by atoms with E-state index < -0.39 is 5.97 Å². The molecule has 2 aromatic heterocycles. The van der Waals surface area contributed by atoms with E-state index in [1.54, 1.807) is 18.3 Å². The number of aromatic nitrogens is 2. The topological polar surface area (TPSA) is 88.5 Å². The third kappa shape index (κ3) is 5.53. The van der Waals surface area contributed by atoms with Crippen LogP contribution in [-0.2, 0) is 9.53 Å². The maximum absolute atomic E-state index is 12.9. The van der Waals surface area contributed by atoms with Crippen LogP contribution in [0.4, 0.5) is 5.69 Å². The number of hydrogen-bond acceptors (Lipinski definition) is 5. The molecular formula is C30H29N5O3S. The van der Waals surface area contributed by atoms with E-state index >= 15 is 0 Å². The monoisotopic (exact) mass is 539 g/mol. The van der Waals surface area contributed by atoms with Crippen molar-refractivity contribution in [1.82, 2.24) is 19.8 Å². The number of thiocarbonyl (C=S) groups is 1. The summed E-state index contributed by atoms with van der Waals surface area (Å²) in [7, 11) is 1.37. The summed E-state index contributed by atoms with van der Waals surface area (Å²) in [5, 5.41) is 6.94. The van der Waals surface area contributed by atoms with Crippen molar-refractivity contribution >= 4 is 34.9 Å². The molecule has 0 spiro atoms. The van der Waals surface area contributed by atoms with Crippen LogP contribution in [0.25, 0.3) is 5.69 Å². The maximum atomic E-state index is 12.9. The zero-order chi connectivity index (χ0) is 27.4. The van der Waals surface area contributed by atoms with Crippen LogP contribution >= 0.6 is 12.2 Å². The highest BCUT2D eigenvalue weighted by atomic mass is 32.1. The highest BCUT2D eigenvalue weighted by molar-refractivity contribution is 7.80. The molecule has 5 rings (SSSR count). The number of nitrogens with one attached hydrogen (secondary N) is 2. The van der Waals surface area contributed by atoms with Gasteiger partial charge < -0.3 is 24.8 Å². The van der Waals surface area contributed by atoms with Gasteiger partial charge in [-0.2, -0.15) is 0 Å². The Kier molecular flexibility index (Phi) is 7.69. The van der Waals surface area contributed by atoms with Crippen LogP contribution in [0.3, 0.4) is 0 Å². The number of carbonyl (C=O) groups excluding carboxylic acids is 2. The smallest absolute Gasteiger partial charge is 0.339 e. The van der Waals surface area contributed by atoms with Crippen LogP contribution < -0.4 is 10.6 Å². The first-order valence-electron chi connectivity index (χ1n) is 12.7. The minimum absolute atomic E-state index is 0.102. The van der Waals surface area contributed by atoms with Gasteiger partial charge in [0.25, 0.3) is 0 Å². The van der Waals surface area contributed by atoms with Gasteiger partial charge in [-0.15, -0.1) is 0 Å². The fourth-order valence-corrected chi connectivity index (χ4v) is 5.29. The number of methoxy groups -OCH3 is 1. The molecule has 1 fully saturated rings. The number of pyridine rings is 1. The summed E-state index contributed by atoms with van der Waals surface area (Å²) in [5.41, 5.74) is 4.70. The number of benzene rings is 2. The van der Waals surface area contributed by atoms with E-state index in [0.717, 1.165) is 22.6 Å². The van der Waals surface area contributed by atoms with Gasteiger partial charge in [0.15, 0.2) is 5.11 Å². The number of amides is 1. The van der Waals surface area contributed by atoms with Crippen molar-refractivity contribution in [2.24, 2.45) is 0 Å². The van der Waals surface area contributed by atoms with Crippen LogP contribution in [0.15, 0.2) is 91.3 Å². The van der Waals surface area contributed by atoms with E-state index in [2.05, 4.69) is 15.6 Å². The molecule has 0 unspecified atom stereocenters. The number of ether oxygens (including phenoxy) is 1. The molecule has 0 bridgehead atoms. The normalized spacial score (nSPS) is 16.6. The average Bonchev–Trinajstić information content (AvgIpc) is 3.56. The first-order valence-corrected chi connectivity index (χ1v) is 13.1. The molecule has 2 N–H and O–H groups in total. The van der Waals surface area contributed by atoms with Crippen molar-refractivity contribution in [2.75, 3.05) is 19.0 Å². The first-order chi connectivity index (χ1) is 19.0. The molecule has 1 saturated heterocycles. The van der Waals surface area contributed by atoms with E-state index in [1.807, 2.05) is 89.3 Å². The van der Waals surface area contributed by atoms with Crippen LogP contribution in [0.5, 0.6) is 0 Å². The molecule has 2 aromatic carbocycles. The Hall–Kier alpha value is -4.50. The lowest BCUT2D eigenvalue weighted by Crippen LogP contribution is -2.33. The number of para-hydroxylation sites is 1. The van der Waals surface area contributed by atoms with Gasteiger partial charge in [-0.25, -0.2) is 4.79 Å². The SMILES string of the molecule is COC(=O)c1ccccc1-n1cccc1[C@H]1[C@@H](c2ccccn2)NC(=S)N1CCC(=O)Nc1cccc(C)c1. The minimum Gasteiger partial charge on any atom is -0.465 e. The molecule has 1 aliphatic heterocycles. The number of carbonyl (C=O) groups is 2. The van der Waals surface area contributed by atoms with E-state index in [4.69, 9.17) is 17.0 Å². The van der Waals surface area contributed by atoms with E-state index in [0.29, 0.717) is 22.9 Å². The van der Waals surface area contributed by atoms with Crippen molar-refractivity contribution < 1.29 is 14.3 Å². The molecule has 1 aliphatic rings. The average molecular weight is 540 g/mol. The van der Waals surface area contributed by atoms with Crippen molar-refractivity contribution in [3.63, 3.8) is 0 Å². The second-order valence-electron chi connectivity index (χ2n) is 9.30. The van der Waals surface area contributed by atoms with Gasteiger partial charge in [-0.1, -0.05) is 30.3 Å². The largest absolute Gasteiger partial charge is 0.465 e. The van der Waals surface area contributed by atoms with Gasteiger partial charge >= 0.3 is 5.97 Å². The Morgan fingerprint density at radius 2 is 1.87 bits per heavy atom. The van der Waals surface area contributed by atoms with Crippen LogP contribution in [0.2, 0.25) is 0 Å². The molecule has 9 heteroatoms. The first kappa shape index (κ1) is 26.1. The molecule has 4 aromatic rings. The van der Waals surface area contributed by atoms with Crippen molar-refractivity contribution in [3.05, 3.63) is 114 Å². The molecule has 0 radical (unpaired) electrons. The van der Waals surface area contributed by atoms with Crippen molar-refractivity contribution in [2.45, 2.75) is 25.4 Å². The molecule has 198 valence electrons. The zero-order valence-electron chi connectivity index (χ0n) is 21.7. The summed E-state index contributed by atoms with van der Waals surface area (Å²) in [4.78, 5) is 32.1. The Bertz CT molecular complexity index is 1500.